The number of carbonyl (C=O) groups excluding carboxylic acids is 1. The van der Waals surface area contributed by atoms with E-state index in [0.29, 0.717) is 6.54 Å². The molecular formula is C14H14N2OS. The van der Waals surface area contributed by atoms with Crippen molar-refractivity contribution in [3.63, 3.8) is 0 Å². The first-order valence-electron chi connectivity index (χ1n) is 5.64. The fourth-order valence-electron chi connectivity index (χ4n) is 1.46. The summed E-state index contributed by atoms with van der Waals surface area (Å²) in [5.41, 5.74) is 2.14. The molecule has 0 fully saturated rings. The lowest BCUT2D eigenvalue weighted by Crippen LogP contribution is -2.19. The van der Waals surface area contributed by atoms with Gasteiger partial charge in [0.1, 0.15) is 0 Å². The molecule has 0 bridgehead atoms. The summed E-state index contributed by atoms with van der Waals surface area (Å²) in [4.78, 5) is 16.8. The Morgan fingerprint density at radius 3 is 3.06 bits per heavy atom. The van der Waals surface area contributed by atoms with Gasteiger partial charge in [0.25, 0.3) is 0 Å². The van der Waals surface area contributed by atoms with E-state index in [-0.39, 0.29) is 5.91 Å². The minimum atomic E-state index is -0.0911. The van der Waals surface area contributed by atoms with E-state index < -0.39 is 0 Å². The lowest BCUT2D eigenvalue weighted by Gasteiger charge is -2.00. The number of hydrogen-bond acceptors (Lipinski definition) is 3. The van der Waals surface area contributed by atoms with E-state index in [1.807, 2.05) is 24.4 Å². The molecule has 0 atom stereocenters. The third kappa shape index (κ3) is 3.53. The molecule has 0 aromatic carbocycles. The van der Waals surface area contributed by atoms with Crippen molar-refractivity contribution in [1.82, 2.24) is 10.3 Å². The summed E-state index contributed by atoms with van der Waals surface area (Å²) in [6.07, 6.45) is 6.70. The second kappa shape index (κ2) is 6.12. The molecule has 2 aromatic rings. The maximum Gasteiger partial charge on any atom is 0.244 e. The minimum Gasteiger partial charge on any atom is -0.348 e. The van der Waals surface area contributed by atoms with Crippen LogP contribution < -0.4 is 5.32 Å². The second-order valence-corrected chi connectivity index (χ2v) is 4.86. The Morgan fingerprint density at radius 1 is 1.50 bits per heavy atom. The van der Waals surface area contributed by atoms with Crippen LogP contribution in [0, 0.1) is 6.92 Å². The van der Waals surface area contributed by atoms with Crippen molar-refractivity contribution < 1.29 is 4.79 Å². The number of hydrogen-bond donors (Lipinski definition) is 1. The number of aromatic nitrogens is 1. The predicted molar refractivity (Wildman–Crippen MR) is 74.2 cm³/mol. The number of thiophene rings is 1. The van der Waals surface area contributed by atoms with Crippen LogP contribution >= 0.6 is 11.3 Å². The molecule has 2 aromatic heterocycles. The smallest absolute Gasteiger partial charge is 0.244 e. The van der Waals surface area contributed by atoms with Crippen LogP contribution in [-0.2, 0) is 11.3 Å². The highest BCUT2D eigenvalue weighted by Gasteiger charge is 2.01. The van der Waals surface area contributed by atoms with E-state index >= 15 is 0 Å². The van der Waals surface area contributed by atoms with Crippen LogP contribution in [0.15, 0.2) is 42.0 Å². The van der Waals surface area contributed by atoms with Crippen LogP contribution in [0.1, 0.15) is 16.0 Å². The maximum absolute atomic E-state index is 11.6. The topological polar surface area (TPSA) is 42.0 Å². The molecule has 0 aliphatic carbocycles. The number of amides is 1. The molecule has 3 nitrogen and oxygen atoms in total. The van der Waals surface area contributed by atoms with Gasteiger partial charge in [-0.1, -0.05) is 6.07 Å². The third-order valence-corrected chi connectivity index (χ3v) is 3.53. The summed E-state index contributed by atoms with van der Waals surface area (Å²) in [6.45, 7) is 2.63. The number of nitrogens with zero attached hydrogens (tertiary/aromatic N) is 1. The summed E-state index contributed by atoms with van der Waals surface area (Å²) in [6, 6.07) is 5.80. The summed E-state index contributed by atoms with van der Waals surface area (Å²) in [5, 5.41) is 4.89. The molecule has 18 heavy (non-hydrogen) atoms. The number of carbonyl (C=O) groups is 1. The molecule has 0 aliphatic rings. The predicted octanol–water partition coefficient (Wildman–Crippen LogP) is 2.78. The van der Waals surface area contributed by atoms with Crippen LogP contribution in [0.2, 0.25) is 0 Å². The first-order valence-corrected chi connectivity index (χ1v) is 6.52. The van der Waals surface area contributed by atoms with Gasteiger partial charge >= 0.3 is 0 Å². The van der Waals surface area contributed by atoms with E-state index in [1.165, 1.54) is 16.5 Å². The average molecular weight is 258 g/mol. The highest BCUT2D eigenvalue weighted by atomic mass is 32.1. The molecule has 92 valence electrons. The van der Waals surface area contributed by atoms with Gasteiger partial charge in [-0.05, 0) is 41.6 Å². The van der Waals surface area contributed by atoms with Gasteiger partial charge in [0.2, 0.25) is 5.91 Å². The minimum absolute atomic E-state index is 0.0911. The van der Waals surface area contributed by atoms with E-state index in [4.69, 9.17) is 0 Å². The summed E-state index contributed by atoms with van der Waals surface area (Å²) in [5.74, 6) is -0.0911. The van der Waals surface area contributed by atoms with Gasteiger partial charge in [0, 0.05) is 23.3 Å². The van der Waals surface area contributed by atoms with Crippen LogP contribution in [-0.4, -0.2) is 10.9 Å². The molecule has 2 heterocycles. The van der Waals surface area contributed by atoms with Crippen molar-refractivity contribution >= 4 is 23.3 Å². The van der Waals surface area contributed by atoms with Crippen LogP contribution in [0.3, 0.4) is 0 Å². The van der Waals surface area contributed by atoms with Gasteiger partial charge in [-0.15, -0.1) is 11.3 Å². The van der Waals surface area contributed by atoms with Gasteiger partial charge < -0.3 is 5.32 Å². The Hall–Kier alpha value is -1.94. The lowest BCUT2D eigenvalue weighted by atomic mass is 10.2. The zero-order valence-corrected chi connectivity index (χ0v) is 10.9. The van der Waals surface area contributed by atoms with Gasteiger partial charge in [0.05, 0.1) is 6.54 Å². The highest BCUT2D eigenvalue weighted by molar-refractivity contribution is 7.10. The highest BCUT2D eigenvalue weighted by Crippen LogP contribution is 2.14. The molecule has 0 saturated carbocycles. The summed E-state index contributed by atoms with van der Waals surface area (Å²) < 4.78 is 0. The van der Waals surface area contributed by atoms with Gasteiger partial charge in [-0.25, -0.2) is 0 Å². The fraction of sp³-hybridized carbons (Fsp3) is 0.143. The van der Waals surface area contributed by atoms with Crippen molar-refractivity contribution in [3.05, 3.63) is 58.1 Å². The molecule has 0 spiro atoms. The Balaban J connectivity index is 1.86. The second-order valence-electron chi connectivity index (χ2n) is 3.86. The van der Waals surface area contributed by atoms with E-state index in [2.05, 4.69) is 16.4 Å². The van der Waals surface area contributed by atoms with Gasteiger partial charge in [-0.2, -0.15) is 0 Å². The normalized spacial score (nSPS) is 10.7. The number of aryl methyl sites for hydroxylation is 1. The monoisotopic (exact) mass is 258 g/mol. The summed E-state index contributed by atoms with van der Waals surface area (Å²) >= 11 is 1.66. The van der Waals surface area contributed by atoms with Crippen LogP contribution in [0.4, 0.5) is 0 Å². The lowest BCUT2D eigenvalue weighted by molar-refractivity contribution is -0.116. The molecular weight excluding hydrogens is 244 g/mol. The van der Waals surface area contributed by atoms with Crippen molar-refractivity contribution in [3.8, 4) is 0 Å². The van der Waals surface area contributed by atoms with Crippen LogP contribution in [0.25, 0.3) is 6.08 Å². The van der Waals surface area contributed by atoms with Crippen LogP contribution in [0.5, 0.6) is 0 Å². The Morgan fingerprint density at radius 2 is 2.39 bits per heavy atom. The first kappa shape index (κ1) is 12.5. The number of nitrogens with one attached hydrogen (secondary N) is 1. The molecule has 1 amide bonds. The Bertz CT molecular complexity index is 546. The van der Waals surface area contributed by atoms with Crippen molar-refractivity contribution in [2.75, 3.05) is 0 Å². The van der Waals surface area contributed by atoms with Gasteiger partial charge in [-0.3, -0.25) is 9.78 Å². The largest absolute Gasteiger partial charge is 0.348 e. The van der Waals surface area contributed by atoms with E-state index in [1.54, 1.807) is 29.8 Å². The average Bonchev–Trinajstić information content (AvgIpc) is 2.81. The van der Waals surface area contributed by atoms with E-state index in [9.17, 15) is 4.79 Å². The summed E-state index contributed by atoms with van der Waals surface area (Å²) in [7, 11) is 0. The number of rotatable bonds is 4. The molecule has 0 aliphatic heterocycles. The number of pyridine rings is 1. The van der Waals surface area contributed by atoms with Crippen molar-refractivity contribution in [2.24, 2.45) is 0 Å². The zero-order valence-electron chi connectivity index (χ0n) is 10.1. The molecule has 4 heteroatoms. The Kier molecular flexibility index (Phi) is 4.25. The SMILES string of the molecule is Cc1ccsc1CNC(=O)/C=C/c1cccnc1. The standard InChI is InChI=1S/C14H14N2OS/c1-11-6-8-18-13(11)10-16-14(17)5-4-12-3-2-7-15-9-12/h2-9H,10H2,1H3,(H,16,17)/b5-4+. The van der Waals surface area contributed by atoms with E-state index in [0.717, 1.165) is 5.56 Å². The third-order valence-electron chi connectivity index (χ3n) is 2.50. The molecule has 0 radical (unpaired) electrons. The van der Waals surface area contributed by atoms with Crippen molar-refractivity contribution in [2.45, 2.75) is 13.5 Å². The fourth-order valence-corrected chi connectivity index (χ4v) is 2.30. The molecule has 0 unspecified atom stereocenters. The first-order chi connectivity index (χ1) is 8.75. The molecule has 0 saturated heterocycles. The Labute approximate surface area is 110 Å². The molecule has 1 N–H and O–H groups in total. The zero-order chi connectivity index (χ0) is 12.8. The maximum atomic E-state index is 11.6. The van der Waals surface area contributed by atoms with Crippen molar-refractivity contribution in [1.29, 1.82) is 0 Å². The molecule has 2 rings (SSSR count). The quantitative estimate of drug-likeness (QED) is 0.857. The van der Waals surface area contributed by atoms with Gasteiger partial charge in [0.15, 0.2) is 0 Å².